The lowest BCUT2D eigenvalue weighted by molar-refractivity contribution is -0.363. The van der Waals surface area contributed by atoms with Crippen LogP contribution in [0.4, 0.5) is 0 Å². The summed E-state index contributed by atoms with van der Waals surface area (Å²) in [4.78, 5) is 27.7. The van der Waals surface area contributed by atoms with Crippen LogP contribution in [0.25, 0.3) is 0 Å². The van der Waals surface area contributed by atoms with Crippen LogP contribution in [0, 0.1) is 56.7 Å². The van der Waals surface area contributed by atoms with Crippen molar-refractivity contribution >= 4 is 11.9 Å². The molecule has 9 fully saturated rings. The minimum absolute atomic E-state index is 0.0110. The number of hydrogen-bond acceptors (Lipinski definition) is 22. The van der Waals surface area contributed by atoms with Gasteiger partial charge in [0.15, 0.2) is 25.0 Å². The molecule has 4 aliphatic heterocycles. The van der Waals surface area contributed by atoms with E-state index in [0.29, 0.717) is 32.1 Å². The highest BCUT2D eigenvalue weighted by Crippen LogP contribution is 2.78. The van der Waals surface area contributed by atoms with Gasteiger partial charge in [0.2, 0.25) is 6.29 Å². The number of carbonyl (C=O) groups excluding carboxylic acids is 1. The lowest BCUT2D eigenvalue weighted by Crippen LogP contribution is -2.68. The lowest BCUT2D eigenvalue weighted by atomic mass is 9.32. The summed E-state index contributed by atoms with van der Waals surface area (Å²) >= 11 is 0. The molecule has 5 saturated carbocycles. The number of esters is 1. The van der Waals surface area contributed by atoms with E-state index in [2.05, 4.69) is 41.2 Å². The maximum atomic E-state index is 15.0. The number of ether oxygens (including phenoxy) is 8. The molecule has 0 aromatic heterocycles. The predicted molar refractivity (Wildman–Crippen MR) is 257 cm³/mol. The summed E-state index contributed by atoms with van der Waals surface area (Å²) in [6.07, 6.45) is -22.7. The van der Waals surface area contributed by atoms with Crippen molar-refractivity contribution in [3.05, 3.63) is 12.2 Å². The minimum atomic E-state index is -1.97. The molecule has 13 N–H and O–H groups in total. The average Bonchev–Trinajstić information content (AvgIpc) is 4.07. The molecular formula is C53H84O23. The number of rotatable bonds is 13. The van der Waals surface area contributed by atoms with Crippen LogP contribution in [-0.2, 0) is 47.5 Å². The molecule has 4 heterocycles. The quantitative estimate of drug-likeness (QED) is 0.0570. The number of aliphatic hydroxyl groups is 12. The number of carboxylic acid groups (broad SMARTS) is 1. The lowest BCUT2D eigenvalue weighted by Gasteiger charge is -2.73. The van der Waals surface area contributed by atoms with E-state index in [1.54, 1.807) is 0 Å². The summed E-state index contributed by atoms with van der Waals surface area (Å²) in [5.41, 5.74) is -3.19. The fourth-order valence-corrected chi connectivity index (χ4v) is 17.0. The van der Waals surface area contributed by atoms with Gasteiger partial charge < -0.3 is 104 Å². The van der Waals surface area contributed by atoms with Crippen LogP contribution in [0.3, 0.4) is 0 Å². The molecule has 76 heavy (non-hydrogen) atoms. The summed E-state index contributed by atoms with van der Waals surface area (Å²) in [5, 5.41) is 137. The molecule has 0 amide bonds. The predicted octanol–water partition coefficient (Wildman–Crippen LogP) is -1.45. The van der Waals surface area contributed by atoms with E-state index in [1.807, 2.05) is 6.92 Å². The maximum absolute atomic E-state index is 15.0. The summed E-state index contributed by atoms with van der Waals surface area (Å²) in [7, 11) is 0. The fourth-order valence-electron chi connectivity index (χ4n) is 17.0. The van der Waals surface area contributed by atoms with Crippen LogP contribution < -0.4 is 0 Å². The van der Waals surface area contributed by atoms with Gasteiger partial charge in [-0.1, -0.05) is 46.8 Å². The largest absolute Gasteiger partial charge is 0.479 e. The Kier molecular flexibility index (Phi) is 16.2. The number of aliphatic carboxylic acids is 1. The summed E-state index contributed by atoms with van der Waals surface area (Å²) < 4.78 is 46.5. The first kappa shape index (κ1) is 58.6. The van der Waals surface area contributed by atoms with Gasteiger partial charge in [-0.05, 0) is 122 Å². The van der Waals surface area contributed by atoms with Gasteiger partial charge in [0.1, 0.15) is 78.8 Å². The summed E-state index contributed by atoms with van der Waals surface area (Å²) in [6, 6.07) is 0. The Bertz CT molecular complexity index is 2130. The number of carboxylic acids is 1. The Morgan fingerprint density at radius 3 is 1.91 bits per heavy atom. The maximum Gasteiger partial charge on any atom is 0.335 e. The first-order valence-corrected chi connectivity index (χ1v) is 27.2. The van der Waals surface area contributed by atoms with Crippen LogP contribution in [0.5, 0.6) is 0 Å². The Hall–Kier alpha value is -2.08. The van der Waals surface area contributed by atoms with Crippen LogP contribution in [0.1, 0.15) is 106 Å². The van der Waals surface area contributed by atoms with Gasteiger partial charge in [-0.25, -0.2) is 4.79 Å². The number of allylic oxidation sites excluding steroid dienone is 1. The van der Waals surface area contributed by atoms with Crippen molar-refractivity contribution in [3.8, 4) is 0 Å². The molecule has 0 aromatic rings. The van der Waals surface area contributed by atoms with E-state index in [9.17, 15) is 71.2 Å². The number of fused-ring (bicyclic) bond motifs is 7. The van der Waals surface area contributed by atoms with Gasteiger partial charge in [-0.2, -0.15) is 0 Å². The van der Waals surface area contributed by atoms with Crippen molar-refractivity contribution < 1.29 is 114 Å². The molecule has 9 aliphatic rings. The smallest absolute Gasteiger partial charge is 0.335 e. The van der Waals surface area contributed by atoms with Gasteiger partial charge in [0, 0.05) is 0 Å². The SMILES string of the molecule is C=C(C)[C@@H]1CC[C@]2(C(=O)O[C@@H]3O[C@H](CO[C@@H]4OC[C@](O)(CO)[C@H]4O)[C@@H](O)[C@H](O)[C@H]3O)CC[C@]3(C)[C@H](CC[C@@H]4[C@@]5(C)CC[C@H](O[C@@H]6O[C@H](C(=O)O)[C@@H](O[C@@H]7O[C@H](CO)[C@H](O)[C@H](O)[C@H]7O)[C@H](O)[C@H]6O)C(C)(C)[C@@H]5CC[C@]43C)[C@@H]12. The van der Waals surface area contributed by atoms with Crippen LogP contribution in [-0.4, -0.2) is 221 Å². The third-order valence-corrected chi connectivity index (χ3v) is 21.5. The van der Waals surface area contributed by atoms with Crippen LogP contribution in [0.15, 0.2) is 12.2 Å². The molecule has 23 nitrogen and oxygen atoms in total. The van der Waals surface area contributed by atoms with E-state index in [-0.39, 0.29) is 45.8 Å². The first-order chi connectivity index (χ1) is 35.6. The Balaban J connectivity index is 0.892. The normalized spacial score (nSPS) is 53.9. The van der Waals surface area contributed by atoms with Crippen molar-refractivity contribution in [1.82, 2.24) is 0 Å². The molecule has 28 atom stereocenters. The zero-order valence-corrected chi connectivity index (χ0v) is 44.3. The number of carbonyl (C=O) groups is 2. The molecule has 5 aliphatic carbocycles. The molecule has 434 valence electrons. The van der Waals surface area contributed by atoms with Gasteiger partial charge in [-0.3, -0.25) is 4.79 Å². The molecule has 4 saturated heterocycles. The molecular weight excluding hydrogens is 1000 g/mol. The second-order valence-corrected chi connectivity index (χ2v) is 25.5. The monoisotopic (exact) mass is 1090 g/mol. The van der Waals surface area contributed by atoms with Crippen molar-refractivity contribution in [1.29, 1.82) is 0 Å². The van der Waals surface area contributed by atoms with Gasteiger partial charge in [0.05, 0.1) is 37.9 Å². The average molecular weight is 1090 g/mol. The first-order valence-electron chi connectivity index (χ1n) is 27.2. The summed E-state index contributed by atoms with van der Waals surface area (Å²) in [5.74, 6) is -1.91. The van der Waals surface area contributed by atoms with Gasteiger partial charge in [-0.15, -0.1) is 0 Å². The van der Waals surface area contributed by atoms with Crippen LogP contribution >= 0.6 is 0 Å². The van der Waals surface area contributed by atoms with E-state index in [4.69, 9.17) is 37.9 Å². The van der Waals surface area contributed by atoms with Crippen molar-refractivity contribution in [2.75, 3.05) is 26.4 Å². The zero-order valence-electron chi connectivity index (χ0n) is 44.3. The molecule has 0 unspecified atom stereocenters. The Labute approximate surface area is 442 Å². The molecule has 0 bridgehead atoms. The fraction of sp³-hybridized carbons (Fsp3) is 0.925. The standard InChI is InChI=1S/C53H84O23/c1-22(2)23-10-15-52(47(67)76-44-37(62)34(59)32(57)26(72-44)19-69-46-41(64)53(68,20-55)21-70-46)17-16-50(6)24(30(23)52)8-9-28-49(5)13-12-29(48(3,4)27(49)11-14-51(28,50)7)73-45-38(63)35(60)39(40(75-45)42(65)66)74-43-36(61)33(58)31(56)25(18-54)71-43/h23-41,43-46,54-64,68H,1,8-21H2,2-7H3,(H,65,66)/t23-,24+,25+,26+,27-,28+,29-,30+,31-,32+,33-,34-,35+,36+,37+,38+,39-,40-,41-,43-,44-,45+,46+,49-,50+,51+,52-,53+/m0/s1. The highest BCUT2D eigenvalue weighted by atomic mass is 16.8. The third kappa shape index (κ3) is 9.14. The topological polar surface area (TPSA) is 371 Å². The second kappa shape index (κ2) is 21.0. The Morgan fingerprint density at radius 2 is 1.28 bits per heavy atom. The highest BCUT2D eigenvalue weighted by molar-refractivity contribution is 5.78. The molecule has 0 radical (unpaired) electrons. The second-order valence-electron chi connectivity index (χ2n) is 25.5. The van der Waals surface area contributed by atoms with E-state index >= 15 is 4.79 Å². The molecule has 0 aromatic carbocycles. The van der Waals surface area contributed by atoms with Gasteiger partial charge >= 0.3 is 11.9 Å². The summed E-state index contributed by atoms with van der Waals surface area (Å²) in [6.45, 7) is 15.3. The van der Waals surface area contributed by atoms with Crippen molar-refractivity contribution in [3.63, 3.8) is 0 Å². The van der Waals surface area contributed by atoms with E-state index in [1.165, 1.54) is 0 Å². The van der Waals surface area contributed by atoms with Crippen molar-refractivity contribution in [2.45, 2.75) is 222 Å². The Morgan fingerprint density at radius 1 is 0.645 bits per heavy atom. The molecule has 23 heteroatoms. The van der Waals surface area contributed by atoms with Crippen LogP contribution in [0.2, 0.25) is 0 Å². The number of hydrogen-bond donors (Lipinski definition) is 13. The highest BCUT2D eigenvalue weighted by Gasteiger charge is 2.73. The van der Waals surface area contributed by atoms with E-state index in [0.717, 1.165) is 37.7 Å². The van der Waals surface area contributed by atoms with Gasteiger partial charge in [0.25, 0.3) is 0 Å². The minimum Gasteiger partial charge on any atom is -0.479 e. The van der Waals surface area contributed by atoms with Crippen molar-refractivity contribution in [2.24, 2.45) is 56.7 Å². The third-order valence-electron chi connectivity index (χ3n) is 21.5. The molecule has 0 spiro atoms. The van der Waals surface area contributed by atoms with E-state index < -0.39 is 165 Å². The molecule has 9 rings (SSSR count). The zero-order chi connectivity index (χ0) is 55.6. The number of aliphatic hydroxyl groups excluding tert-OH is 11.